The SMILES string of the molecule is CCCC[C@H](Nc1ccc2ncc([N+](=O)[O-])n2n1)C(=O)O. The van der Waals surface area contributed by atoms with Crippen molar-refractivity contribution >= 4 is 23.3 Å². The van der Waals surface area contributed by atoms with Crippen molar-refractivity contribution in [3.05, 3.63) is 28.4 Å². The van der Waals surface area contributed by atoms with Gasteiger partial charge in [-0.3, -0.25) is 0 Å². The van der Waals surface area contributed by atoms with E-state index < -0.39 is 16.9 Å². The number of hydrogen-bond acceptors (Lipinski definition) is 6. The molecule has 2 rings (SSSR count). The van der Waals surface area contributed by atoms with Crippen LogP contribution < -0.4 is 5.32 Å². The van der Waals surface area contributed by atoms with Gasteiger partial charge in [0.25, 0.3) is 0 Å². The third-order valence-electron chi connectivity index (χ3n) is 3.00. The number of fused-ring (bicyclic) bond motifs is 1. The topological polar surface area (TPSA) is 123 Å². The van der Waals surface area contributed by atoms with Crippen molar-refractivity contribution in [2.45, 2.75) is 32.2 Å². The predicted octanol–water partition coefficient (Wildman–Crippen LogP) is 1.69. The Hall–Kier alpha value is -2.71. The van der Waals surface area contributed by atoms with Crippen molar-refractivity contribution in [3.8, 4) is 0 Å². The van der Waals surface area contributed by atoms with Gasteiger partial charge >= 0.3 is 11.8 Å². The molecule has 2 heterocycles. The van der Waals surface area contributed by atoms with Gasteiger partial charge in [0.15, 0.2) is 5.82 Å². The predicted molar refractivity (Wildman–Crippen MR) is 74.2 cm³/mol. The lowest BCUT2D eigenvalue weighted by atomic mass is 10.1. The number of hydrogen-bond donors (Lipinski definition) is 2. The van der Waals surface area contributed by atoms with E-state index in [9.17, 15) is 14.9 Å². The lowest BCUT2D eigenvalue weighted by molar-refractivity contribution is -0.391. The Bertz CT molecular complexity index is 669. The largest absolute Gasteiger partial charge is 0.480 e. The van der Waals surface area contributed by atoms with Crippen LogP contribution in [0.5, 0.6) is 0 Å². The molecule has 0 fully saturated rings. The van der Waals surface area contributed by atoms with Crippen molar-refractivity contribution < 1.29 is 14.8 Å². The third kappa shape index (κ3) is 3.25. The molecule has 0 unspecified atom stereocenters. The summed E-state index contributed by atoms with van der Waals surface area (Å²) in [5.41, 5.74) is 0.327. The number of imidazole rings is 1. The molecule has 0 radical (unpaired) electrons. The molecule has 0 aliphatic carbocycles. The highest BCUT2D eigenvalue weighted by molar-refractivity contribution is 5.76. The summed E-state index contributed by atoms with van der Waals surface area (Å²) in [4.78, 5) is 25.3. The van der Waals surface area contributed by atoms with Gasteiger partial charge in [-0.2, -0.15) is 0 Å². The molecule has 0 spiro atoms. The van der Waals surface area contributed by atoms with Gasteiger partial charge in [-0.15, -0.1) is 0 Å². The molecule has 2 N–H and O–H groups in total. The second-order valence-electron chi connectivity index (χ2n) is 4.54. The minimum atomic E-state index is -0.981. The molecule has 0 amide bonds. The maximum atomic E-state index is 11.2. The number of aliphatic carboxylic acids is 1. The third-order valence-corrected chi connectivity index (χ3v) is 3.00. The summed E-state index contributed by atoms with van der Waals surface area (Å²) in [6, 6.07) is 2.31. The summed E-state index contributed by atoms with van der Waals surface area (Å²) in [7, 11) is 0. The van der Waals surface area contributed by atoms with Crippen molar-refractivity contribution in [1.82, 2.24) is 14.6 Å². The van der Waals surface area contributed by atoms with Gasteiger partial charge in [-0.05, 0) is 17.4 Å². The Balaban J connectivity index is 2.26. The fraction of sp³-hybridized carbons (Fsp3) is 0.417. The minimum Gasteiger partial charge on any atom is -0.480 e. The molecule has 1 atom stereocenters. The molecule has 0 aliphatic heterocycles. The van der Waals surface area contributed by atoms with Crippen LogP contribution in [0.1, 0.15) is 26.2 Å². The van der Waals surface area contributed by atoms with Crippen LogP contribution >= 0.6 is 0 Å². The molecule has 2 aromatic heterocycles. The number of anilines is 1. The van der Waals surface area contributed by atoms with Gasteiger partial charge in [-0.25, -0.2) is 9.78 Å². The fourth-order valence-electron chi connectivity index (χ4n) is 1.91. The number of nitrogens with zero attached hydrogens (tertiary/aromatic N) is 4. The highest BCUT2D eigenvalue weighted by Gasteiger charge is 2.20. The van der Waals surface area contributed by atoms with Crippen LogP contribution in [0.3, 0.4) is 0 Å². The van der Waals surface area contributed by atoms with E-state index in [1.54, 1.807) is 12.1 Å². The molecule has 2 aromatic rings. The standard InChI is InChI=1S/C12H15N5O4/c1-2-3-4-8(12(18)19)14-9-5-6-10-13-7-11(17(20)21)16(10)15-9/h5-8H,2-4H2,1H3,(H,14,15)(H,18,19)/t8-/m0/s1. The molecule has 9 nitrogen and oxygen atoms in total. The Labute approximate surface area is 119 Å². The normalized spacial score (nSPS) is 12.2. The Morgan fingerprint density at radius 3 is 2.95 bits per heavy atom. The van der Waals surface area contributed by atoms with Crippen molar-refractivity contribution in [2.75, 3.05) is 5.32 Å². The molecule has 0 saturated heterocycles. The van der Waals surface area contributed by atoms with E-state index in [4.69, 9.17) is 5.11 Å². The van der Waals surface area contributed by atoms with E-state index in [1.807, 2.05) is 6.92 Å². The van der Waals surface area contributed by atoms with Crippen molar-refractivity contribution in [3.63, 3.8) is 0 Å². The Morgan fingerprint density at radius 2 is 2.33 bits per heavy atom. The van der Waals surface area contributed by atoms with E-state index in [0.29, 0.717) is 12.1 Å². The zero-order chi connectivity index (χ0) is 15.4. The summed E-state index contributed by atoms with van der Waals surface area (Å²) in [5, 5.41) is 26.8. The lowest BCUT2D eigenvalue weighted by Crippen LogP contribution is -2.29. The molecular weight excluding hydrogens is 278 g/mol. The van der Waals surface area contributed by atoms with E-state index in [0.717, 1.165) is 23.6 Å². The van der Waals surface area contributed by atoms with E-state index in [1.165, 1.54) is 0 Å². The van der Waals surface area contributed by atoms with Crippen LogP contribution in [0.15, 0.2) is 18.3 Å². The second kappa shape index (κ2) is 6.16. The van der Waals surface area contributed by atoms with E-state index >= 15 is 0 Å². The molecule has 0 aromatic carbocycles. The first-order chi connectivity index (χ1) is 10.0. The molecule has 0 saturated carbocycles. The van der Waals surface area contributed by atoms with Crippen LogP contribution in [0, 0.1) is 10.1 Å². The van der Waals surface area contributed by atoms with Crippen molar-refractivity contribution in [2.24, 2.45) is 0 Å². The van der Waals surface area contributed by atoms with Crippen LogP contribution in [-0.2, 0) is 4.79 Å². The molecule has 0 bridgehead atoms. The quantitative estimate of drug-likeness (QED) is 0.588. The average Bonchev–Trinajstić information content (AvgIpc) is 2.86. The number of carboxylic acids is 1. The van der Waals surface area contributed by atoms with Crippen LogP contribution in [0.2, 0.25) is 0 Å². The Morgan fingerprint density at radius 1 is 1.57 bits per heavy atom. The number of aromatic nitrogens is 3. The van der Waals surface area contributed by atoms with Gasteiger partial charge in [0.1, 0.15) is 12.2 Å². The molecule has 9 heteroatoms. The number of rotatable bonds is 7. The smallest absolute Gasteiger partial charge is 0.368 e. The monoisotopic (exact) mass is 293 g/mol. The van der Waals surface area contributed by atoms with E-state index in [-0.39, 0.29) is 11.6 Å². The highest BCUT2D eigenvalue weighted by Crippen LogP contribution is 2.16. The number of carboxylic acid groups (broad SMARTS) is 1. The molecule has 0 aliphatic rings. The second-order valence-corrected chi connectivity index (χ2v) is 4.54. The van der Waals surface area contributed by atoms with Gasteiger partial charge in [0.05, 0.1) is 0 Å². The Kier molecular flexibility index (Phi) is 4.31. The highest BCUT2D eigenvalue weighted by atomic mass is 16.6. The number of nitro groups is 1. The van der Waals surface area contributed by atoms with E-state index in [2.05, 4.69) is 15.4 Å². The zero-order valence-corrected chi connectivity index (χ0v) is 11.4. The van der Waals surface area contributed by atoms with Gasteiger partial charge < -0.3 is 20.5 Å². The summed E-state index contributed by atoms with van der Waals surface area (Å²) in [5.74, 6) is -0.994. The summed E-state index contributed by atoms with van der Waals surface area (Å²) < 4.78 is 1.07. The van der Waals surface area contributed by atoms with Crippen LogP contribution in [-0.4, -0.2) is 36.6 Å². The lowest BCUT2D eigenvalue weighted by Gasteiger charge is -2.13. The average molecular weight is 293 g/mol. The molecule has 21 heavy (non-hydrogen) atoms. The van der Waals surface area contributed by atoms with Gasteiger partial charge in [0, 0.05) is 6.07 Å². The summed E-state index contributed by atoms with van der Waals surface area (Å²) in [6.45, 7) is 1.97. The maximum absolute atomic E-state index is 11.2. The maximum Gasteiger partial charge on any atom is 0.368 e. The first kappa shape index (κ1) is 14.7. The summed E-state index contributed by atoms with van der Waals surface area (Å²) in [6.07, 6.45) is 3.21. The summed E-state index contributed by atoms with van der Waals surface area (Å²) >= 11 is 0. The number of unbranched alkanes of at least 4 members (excludes halogenated alkanes) is 1. The van der Waals surface area contributed by atoms with Crippen LogP contribution in [0.4, 0.5) is 11.6 Å². The number of nitrogens with one attached hydrogen (secondary N) is 1. The zero-order valence-electron chi connectivity index (χ0n) is 11.4. The fourth-order valence-corrected chi connectivity index (χ4v) is 1.91. The van der Waals surface area contributed by atoms with Gasteiger partial charge in [0.2, 0.25) is 5.65 Å². The minimum absolute atomic E-state index is 0.257. The first-order valence-electron chi connectivity index (χ1n) is 6.51. The van der Waals surface area contributed by atoms with Crippen LogP contribution in [0.25, 0.3) is 5.65 Å². The molecular formula is C12H15N5O4. The van der Waals surface area contributed by atoms with Gasteiger partial charge in [-0.1, -0.05) is 29.4 Å². The van der Waals surface area contributed by atoms with Crippen molar-refractivity contribution in [1.29, 1.82) is 0 Å². The first-order valence-corrected chi connectivity index (χ1v) is 6.51. The number of carbonyl (C=O) groups is 1. The molecule has 112 valence electrons.